The van der Waals surface area contributed by atoms with E-state index in [9.17, 15) is 4.79 Å². The highest BCUT2D eigenvalue weighted by Crippen LogP contribution is 2.33. The van der Waals surface area contributed by atoms with E-state index < -0.39 is 0 Å². The quantitative estimate of drug-likeness (QED) is 0.642. The van der Waals surface area contributed by atoms with E-state index in [0.29, 0.717) is 5.92 Å². The number of H-pyrrole nitrogens is 1. The summed E-state index contributed by atoms with van der Waals surface area (Å²) in [6.07, 6.45) is 5.63. The number of likely N-dealkylation sites (tertiary alicyclic amines) is 1. The molecule has 0 saturated carbocycles. The van der Waals surface area contributed by atoms with Crippen molar-refractivity contribution in [2.24, 2.45) is 0 Å². The number of carbonyl (C=O) groups excluding carboxylic acids is 1. The molecule has 3 aromatic rings. The molecule has 1 amide bonds. The second kappa shape index (κ2) is 7.43. The van der Waals surface area contributed by atoms with Gasteiger partial charge in [-0.15, -0.1) is 0 Å². The number of piperidine rings is 1. The van der Waals surface area contributed by atoms with E-state index in [-0.39, 0.29) is 5.91 Å². The van der Waals surface area contributed by atoms with Crippen LogP contribution in [0, 0.1) is 13.8 Å². The number of amides is 1. The Morgan fingerprint density at radius 2 is 1.81 bits per heavy atom. The molecule has 2 heterocycles. The SMILES string of the molecule is Cc1ccc2[nH]c(C3CCN(C(=O)/C=C/c4ccccc4)CC3)c(C)c2c1. The third-order valence-electron chi connectivity index (χ3n) is 5.69. The molecule has 3 nitrogen and oxygen atoms in total. The number of aromatic nitrogens is 1. The Hall–Kier alpha value is -2.81. The fourth-order valence-electron chi connectivity index (χ4n) is 4.10. The molecule has 4 rings (SSSR count). The van der Waals surface area contributed by atoms with Crippen molar-refractivity contribution in [3.8, 4) is 0 Å². The van der Waals surface area contributed by atoms with Crippen LogP contribution in [0.5, 0.6) is 0 Å². The van der Waals surface area contributed by atoms with Gasteiger partial charge >= 0.3 is 0 Å². The molecule has 2 aromatic carbocycles. The first-order valence-corrected chi connectivity index (χ1v) is 9.72. The highest BCUT2D eigenvalue weighted by Gasteiger charge is 2.25. The van der Waals surface area contributed by atoms with Gasteiger partial charge in [0, 0.05) is 41.7 Å². The zero-order chi connectivity index (χ0) is 18.8. The van der Waals surface area contributed by atoms with E-state index in [0.717, 1.165) is 31.5 Å². The summed E-state index contributed by atoms with van der Waals surface area (Å²) in [6, 6.07) is 16.6. The molecule has 1 aliphatic rings. The smallest absolute Gasteiger partial charge is 0.246 e. The van der Waals surface area contributed by atoms with Crippen molar-refractivity contribution in [3.05, 3.63) is 77.0 Å². The third kappa shape index (κ3) is 3.68. The van der Waals surface area contributed by atoms with Gasteiger partial charge in [0.2, 0.25) is 5.91 Å². The van der Waals surface area contributed by atoms with Crippen molar-refractivity contribution in [1.82, 2.24) is 9.88 Å². The standard InChI is InChI=1S/C24H26N2O/c1-17-8-10-22-21(16-17)18(2)24(25-22)20-12-14-26(15-13-20)23(27)11-9-19-6-4-3-5-7-19/h3-11,16,20,25H,12-15H2,1-2H3/b11-9+. The normalized spacial score (nSPS) is 15.7. The van der Waals surface area contributed by atoms with Crippen LogP contribution in [-0.2, 0) is 4.79 Å². The molecular formula is C24H26N2O. The molecule has 0 spiro atoms. The number of nitrogens with one attached hydrogen (secondary N) is 1. The maximum absolute atomic E-state index is 12.5. The Morgan fingerprint density at radius 3 is 2.56 bits per heavy atom. The first-order chi connectivity index (χ1) is 13.1. The molecule has 1 fully saturated rings. The first-order valence-electron chi connectivity index (χ1n) is 9.72. The summed E-state index contributed by atoms with van der Waals surface area (Å²) in [6.45, 7) is 5.99. The monoisotopic (exact) mass is 358 g/mol. The van der Waals surface area contributed by atoms with Gasteiger partial charge in [0.05, 0.1) is 0 Å². The van der Waals surface area contributed by atoms with Gasteiger partial charge in [-0.3, -0.25) is 4.79 Å². The van der Waals surface area contributed by atoms with Gasteiger partial charge in [-0.05, 0) is 56.0 Å². The van der Waals surface area contributed by atoms with E-state index in [4.69, 9.17) is 0 Å². The van der Waals surface area contributed by atoms with Crippen molar-refractivity contribution in [1.29, 1.82) is 0 Å². The summed E-state index contributed by atoms with van der Waals surface area (Å²) in [5, 5.41) is 1.33. The number of aryl methyl sites for hydroxylation is 2. The van der Waals surface area contributed by atoms with Crippen LogP contribution in [0.25, 0.3) is 17.0 Å². The Kier molecular flexibility index (Phi) is 4.85. The molecule has 27 heavy (non-hydrogen) atoms. The molecule has 3 heteroatoms. The number of aromatic amines is 1. The summed E-state index contributed by atoms with van der Waals surface area (Å²) in [5.74, 6) is 0.612. The summed E-state index contributed by atoms with van der Waals surface area (Å²) < 4.78 is 0. The molecule has 138 valence electrons. The number of hydrogen-bond acceptors (Lipinski definition) is 1. The molecule has 0 radical (unpaired) electrons. The minimum atomic E-state index is 0.112. The van der Waals surface area contributed by atoms with Crippen molar-refractivity contribution in [2.75, 3.05) is 13.1 Å². The van der Waals surface area contributed by atoms with Crippen LogP contribution in [0.2, 0.25) is 0 Å². The molecule has 1 N–H and O–H groups in total. The van der Waals surface area contributed by atoms with Crippen LogP contribution in [-0.4, -0.2) is 28.9 Å². The predicted octanol–water partition coefficient (Wildman–Crippen LogP) is 5.20. The van der Waals surface area contributed by atoms with Gasteiger partial charge in [0.25, 0.3) is 0 Å². The highest BCUT2D eigenvalue weighted by atomic mass is 16.2. The van der Waals surface area contributed by atoms with E-state index in [1.54, 1.807) is 6.08 Å². The van der Waals surface area contributed by atoms with Gasteiger partial charge in [0.1, 0.15) is 0 Å². The number of fused-ring (bicyclic) bond motifs is 1. The zero-order valence-corrected chi connectivity index (χ0v) is 16.0. The minimum Gasteiger partial charge on any atom is -0.358 e. The summed E-state index contributed by atoms with van der Waals surface area (Å²) >= 11 is 0. The van der Waals surface area contributed by atoms with Crippen LogP contribution in [0.15, 0.2) is 54.6 Å². The minimum absolute atomic E-state index is 0.112. The van der Waals surface area contributed by atoms with Crippen LogP contribution in [0.1, 0.15) is 41.1 Å². The molecule has 0 unspecified atom stereocenters. The van der Waals surface area contributed by atoms with Gasteiger partial charge in [0.15, 0.2) is 0 Å². The maximum Gasteiger partial charge on any atom is 0.246 e. The van der Waals surface area contributed by atoms with Crippen LogP contribution in [0.4, 0.5) is 0 Å². The Morgan fingerprint density at radius 1 is 1.07 bits per heavy atom. The fourth-order valence-corrected chi connectivity index (χ4v) is 4.10. The lowest BCUT2D eigenvalue weighted by Gasteiger charge is -2.31. The van der Waals surface area contributed by atoms with Crippen LogP contribution < -0.4 is 0 Å². The Bertz CT molecular complexity index is 976. The number of hydrogen-bond donors (Lipinski definition) is 1. The number of nitrogens with zero attached hydrogens (tertiary/aromatic N) is 1. The fraction of sp³-hybridized carbons (Fsp3) is 0.292. The van der Waals surface area contributed by atoms with Crippen molar-refractivity contribution < 1.29 is 4.79 Å². The molecule has 1 aromatic heterocycles. The number of benzene rings is 2. The van der Waals surface area contributed by atoms with Gasteiger partial charge in [-0.25, -0.2) is 0 Å². The second-order valence-corrected chi connectivity index (χ2v) is 7.56. The molecule has 0 bridgehead atoms. The topological polar surface area (TPSA) is 36.1 Å². The van der Waals surface area contributed by atoms with Gasteiger partial charge in [-0.2, -0.15) is 0 Å². The van der Waals surface area contributed by atoms with E-state index in [1.807, 2.05) is 41.3 Å². The third-order valence-corrected chi connectivity index (χ3v) is 5.69. The predicted molar refractivity (Wildman–Crippen MR) is 112 cm³/mol. The van der Waals surface area contributed by atoms with Crippen molar-refractivity contribution in [3.63, 3.8) is 0 Å². The average Bonchev–Trinajstić information content (AvgIpc) is 3.03. The van der Waals surface area contributed by atoms with Crippen molar-refractivity contribution >= 4 is 22.9 Å². The lowest BCUT2D eigenvalue weighted by atomic mass is 9.91. The van der Waals surface area contributed by atoms with E-state index in [2.05, 4.69) is 37.0 Å². The second-order valence-electron chi connectivity index (χ2n) is 7.56. The van der Waals surface area contributed by atoms with E-state index >= 15 is 0 Å². The molecule has 1 saturated heterocycles. The Labute approximate surface area is 160 Å². The number of rotatable bonds is 3. The lowest BCUT2D eigenvalue weighted by Crippen LogP contribution is -2.37. The van der Waals surface area contributed by atoms with Gasteiger partial charge < -0.3 is 9.88 Å². The van der Waals surface area contributed by atoms with Crippen molar-refractivity contribution in [2.45, 2.75) is 32.6 Å². The molecule has 0 aliphatic carbocycles. The summed E-state index contributed by atoms with van der Waals surface area (Å²) in [5.41, 5.74) is 6.29. The number of carbonyl (C=O) groups is 1. The molecule has 0 atom stereocenters. The largest absolute Gasteiger partial charge is 0.358 e. The zero-order valence-electron chi connectivity index (χ0n) is 16.0. The maximum atomic E-state index is 12.5. The van der Waals surface area contributed by atoms with Crippen LogP contribution in [0.3, 0.4) is 0 Å². The first kappa shape index (κ1) is 17.6. The van der Waals surface area contributed by atoms with Crippen LogP contribution >= 0.6 is 0 Å². The average molecular weight is 358 g/mol. The lowest BCUT2D eigenvalue weighted by molar-refractivity contribution is -0.126. The van der Waals surface area contributed by atoms with E-state index in [1.165, 1.54) is 27.7 Å². The summed E-state index contributed by atoms with van der Waals surface area (Å²) in [4.78, 5) is 18.1. The summed E-state index contributed by atoms with van der Waals surface area (Å²) in [7, 11) is 0. The molecule has 1 aliphatic heterocycles. The highest BCUT2D eigenvalue weighted by molar-refractivity contribution is 5.92. The Balaban J connectivity index is 1.42. The van der Waals surface area contributed by atoms with Gasteiger partial charge in [-0.1, -0.05) is 42.0 Å². The molecular weight excluding hydrogens is 332 g/mol.